The zero-order valence-electron chi connectivity index (χ0n) is 17.1. The lowest BCUT2D eigenvalue weighted by atomic mass is 10.0. The predicted octanol–water partition coefficient (Wildman–Crippen LogP) is 3.59. The maximum Gasteiger partial charge on any atom is 0.228 e. The second-order valence-corrected chi connectivity index (χ2v) is 7.85. The zero-order valence-corrected chi connectivity index (χ0v) is 17.9. The fourth-order valence-corrected chi connectivity index (χ4v) is 3.48. The monoisotopic (exact) mass is 424 g/mol. The highest BCUT2D eigenvalue weighted by atomic mass is 32.1. The van der Waals surface area contributed by atoms with E-state index in [0.29, 0.717) is 16.6 Å². The first-order valence-electron chi connectivity index (χ1n) is 9.55. The van der Waals surface area contributed by atoms with Crippen LogP contribution in [0, 0.1) is 5.92 Å². The molecule has 0 spiro atoms. The van der Waals surface area contributed by atoms with Gasteiger partial charge in [0.15, 0.2) is 5.13 Å². The molecule has 30 heavy (non-hydrogen) atoms. The summed E-state index contributed by atoms with van der Waals surface area (Å²) in [5.41, 5.74) is 2.19. The number of ether oxygens (including phenoxy) is 1. The van der Waals surface area contributed by atoms with Crippen molar-refractivity contribution in [1.82, 2.24) is 15.3 Å². The Kier molecular flexibility index (Phi) is 7.13. The van der Waals surface area contributed by atoms with E-state index in [1.165, 1.54) is 11.3 Å². The average Bonchev–Trinajstić information content (AvgIpc) is 3.19. The molecule has 0 radical (unpaired) electrons. The van der Waals surface area contributed by atoms with Crippen LogP contribution in [0.2, 0.25) is 0 Å². The van der Waals surface area contributed by atoms with Gasteiger partial charge in [-0.05, 0) is 29.8 Å². The molecule has 2 N–H and O–H groups in total. The van der Waals surface area contributed by atoms with E-state index in [9.17, 15) is 9.59 Å². The number of nitrogens with one attached hydrogen (secondary N) is 2. The standard InChI is InChI=1S/C22H24N4O3S/c1-14(2)21(28)26-22-24-16(13-30-22)12-19(27)25-20(18-9-4-5-10-23-18)15-7-6-8-17(11-15)29-3/h4-11,13-14,20H,12H2,1-3H3,(H,25,27)(H,24,26,28). The largest absolute Gasteiger partial charge is 0.497 e. The van der Waals surface area contributed by atoms with Crippen molar-refractivity contribution in [1.29, 1.82) is 0 Å². The molecule has 0 saturated carbocycles. The molecule has 2 heterocycles. The van der Waals surface area contributed by atoms with E-state index in [1.54, 1.807) is 18.7 Å². The first kappa shape index (κ1) is 21.4. The summed E-state index contributed by atoms with van der Waals surface area (Å²) in [6, 6.07) is 12.7. The maximum atomic E-state index is 12.8. The van der Waals surface area contributed by atoms with E-state index in [2.05, 4.69) is 20.6 Å². The topological polar surface area (TPSA) is 93.2 Å². The quantitative estimate of drug-likeness (QED) is 0.576. The van der Waals surface area contributed by atoms with Gasteiger partial charge in [-0.15, -0.1) is 11.3 Å². The van der Waals surface area contributed by atoms with Gasteiger partial charge >= 0.3 is 0 Å². The molecule has 0 bridgehead atoms. The summed E-state index contributed by atoms with van der Waals surface area (Å²) in [4.78, 5) is 33.3. The molecule has 8 heteroatoms. The number of aromatic nitrogens is 2. The van der Waals surface area contributed by atoms with Crippen LogP contribution in [0.5, 0.6) is 5.75 Å². The highest BCUT2D eigenvalue weighted by Gasteiger charge is 2.20. The predicted molar refractivity (Wildman–Crippen MR) is 117 cm³/mol. The molecule has 0 fully saturated rings. The summed E-state index contributed by atoms with van der Waals surface area (Å²) < 4.78 is 5.32. The summed E-state index contributed by atoms with van der Waals surface area (Å²) in [7, 11) is 1.60. The van der Waals surface area contributed by atoms with Gasteiger partial charge in [0.1, 0.15) is 5.75 Å². The minimum atomic E-state index is -0.424. The minimum Gasteiger partial charge on any atom is -0.497 e. The Balaban J connectivity index is 1.74. The minimum absolute atomic E-state index is 0.0986. The Morgan fingerprint density at radius 1 is 1.17 bits per heavy atom. The van der Waals surface area contributed by atoms with Crippen LogP contribution in [0.4, 0.5) is 5.13 Å². The third kappa shape index (κ3) is 5.64. The van der Waals surface area contributed by atoms with Crippen LogP contribution in [-0.4, -0.2) is 28.9 Å². The number of benzene rings is 1. The summed E-state index contributed by atoms with van der Waals surface area (Å²) in [5.74, 6) is 0.268. The van der Waals surface area contributed by atoms with Crippen LogP contribution in [0.25, 0.3) is 0 Å². The molecule has 3 rings (SSSR count). The number of rotatable bonds is 8. The van der Waals surface area contributed by atoms with Gasteiger partial charge < -0.3 is 15.4 Å². The number of amides is 2. The summed E-state index contributed by atoms with van der Waals surface area (Å²) in [6.07, 6.45) is 1.79. The highest BCUT2D eigenvalue weighted by molar-refractivity contribution is 7.13. The smallest absolute Gasteiger partial charge is 0.228 e. The number of nitrogens with zero attached hydrogens (tertiary/aromatic N) is 2. The molecule has 0 aliphatic rings. The Hall–Kier alpha value is -3.26. The van der Waals surface area contributed by atoms with Crippen molar-refractivity contribution < 1.29 is 14.3 Å². The van der Waals surface area contributed by atoms with Crippen molar-refractivity contribution in [3.63, 3.8) is 0 Å². The number of thiazole rings is 1. The van der Waals surface area contributed by atoms with E-state index in [4.69, 9.17) is 4.74 Å². The van der Waals surface area contributed by atoms with Crippen molar-refractivity contribution >= 4 is 28.3 Å². The average molecular weight is 425 g/mol. The maximum absolute atomic E-state index is 12.8. The fourth-order valence-electron chi connectivity index (χ4n) is 2.77. The lowest BCUT2D eigenvalue weighted by molar-refractivity contribution is -0.121. The molecule has 1 atom stereocenters. The van der Waals surface area contributed by atoms with Gasteiger partial charge in [0.05, 0.1) is 31.0 Å². The Labute approximate surface area is 179 Å². The molecule has 0 aliphatic heterocycles. The van der Waals surface area contributed by atoms with E-state index in [1.807, 2.05) is 56.3 Å². The Morgan fingerprint density at radius 2 is 2.00 bits per heavy atom. The molecular formula is C22H24N4O3S. The molecule has 7 nitrogen and oxygen atoms in total. The molecule has 2 amide bonds. The van der Waals surface area contributed by atoms with Crippen LogP contribution in [0.15, 0.2) is 54.0 Å². The van der Waals surface area contributed by atoms with Gasteiger partial charge in [-0.2, -0.15) is 0 Å². The van der Waals surface area contributed by atoms with Crippen LogP contribution in [-0.2, 0) is 16.0 Å². The van der Waals surface area contributed by atoms with Gasteiger partial charge in [0.25, 0.3) is 0 Å². The third-order valence-corrected chi connectivity index (χ3v) is 5.17. The number of pyridine rings is 1. The normalized spacial score (nSPS) is 11.7. The summed E-state index contributed by atoms with van der Waals surface area (Å²) >= 11 is 1.30. The van der Waals surface area contributed by atoms with Gasteiger partial charge in [0.2, 0.25) is 11.8 Å². The Morgan fingerprint density at radius 3 is 2.70 bits per heavy atom. The molecule has 1 aromatic carbocycles. The Bertz CT molecular complexity index is 1000. The molecule has 2 aromatic heterocycles. The van der Waals surface area contributed by atoms with E-state index >= 15 is 0 Å². The molecule has 156 valence electrons. The van der Waals surface area contributed by atoms with Crippen molar-refractivity contribution in [2.45, 2.75) is 26.3 Å². The first-order valence-corrected chi connectivity index (χ1v) is 10.4. The summed E-state index contributed by atoms with van der Waals surface area (Å²) in [5, 5.41) is 8.06. The van der Waals surface area contributed by atoms with Crippen molar-refractivity contribution in [2.75, 3.05) is 12.4 Å². The third-order valence-electron chi connectivity index (χ3n) is 4.36. The second-order valence-electron chi connectivity index (χ2n) is 7.00. The van der Waals surface area contributed by atoms with Gasteiger partial charge in [0, 0.05) is 17.5 Å². The molecule has 0 aliphatic carbocycles. The highest BCUT2D eigenvalue weighted by Crippen LogP contribution is 2.24. The molecule has 3 aromatic rings. The SMILES string of the molecule is COc1cccc(C(NC(=O)Cc2csc(NC(=O)C(C)C)n2)c2ccccn2)c1. The fraction of sp³-hybridized carbons (Fsp3) is 0.273. The first-order chi connectivity index (χ1) is 14.5. The van der Waals surface area contributed by atoms with Crippen LogP contribution in [0.3, 0.4) is 0 Å². The van der Waals surface area contributed by atoms with Crippen molar-refractivity contribution in [3.8, 4) is 5.75 Å². The number of hydrogen-bond acceptors (Lipinski definition) is 6. The van der Waals surface area contributed by atoms with E-state index < -0.39 is 6.04 Å². The number of methoxy groups -OCH3 is 1. The van der Waals surface area contributed by atoms with Crippen molar-refractivity contribution in [2.24, 2.45) is 5.92 Å². The number of anilines is 1. The van der Waals surface area contributed by atoms with Crippen LogP contribution in [0.1, 0.15) is 36.8 Å². The lowest BCUT2D eigenvalue weighted by Gasteiger charge is -2.19. The van der Waals surface area contributed by atoms with Crippen LogP contribution < -0.4 is 15.4 Å². The van der Waals surface area contributed by atoms with E-state index in [0.717, 1.165) is 11.3 Å². The number of carbonyl (C=O) groups excluding carboxylic acids is 2. The second kappa shape index (κ2) is 9.98. The van der Waals surface area contributed by atoms with Gasteiger partial charge in [-0.1, -0.05) is 32.0 Å². The van der Waals surface area contributed by atoms with Gasteiger partial charge in [-0.3, -0.25) is 14.6 Å². The number of carbonyl (C=O) groups is 2. The number of hydrogen-bond donors (Lipinski definition) is 2. The lowest BCUT2D eigenvalue weighted by Crippen LogP contribution is -2.31. The van der Waals surface area contributed by atoms with Gasteiger partial charge in [-0.25, -0.2) is 4.98 Å². The van der Waals surface area contributed by atoms with Crippen LogP contribution >= 0.6 is 11.3 Å². The zero-order chi connectivity index (χ0) is 21.5. The van der Waals surface area contributed by atoms with Crippen molar-refractivity contribution in [3.05, 3.63) is 71.0 Å². The molecular weight excluding hydrogens is 400 g/mol. The van der Waals surface area contributed by atoms with E-state index in [-0.39, 0.29) is 24.2 Å². The summed E-state index contributed by atoms with van der Waals surface area (Å²) in [6.45, 7) is 3.63. The molecule has 0 saturated heterocycles. The molecule has 1 unspecified atom stereocenters.